The molecule has 0 radical (unpaired) electrons. The minimum absolute atomic E-state index is 0.0261. The molecule has 134 valence electrons. The van der Waals surface area contributed by atoms with Crippen LogP contribution in [-0.4, -0.2) is 33.1 Å². The second-order valence-corrected chi connectivity index (χ2v) is 5.93. The molecule has 1 aromatic carbocycles. The number of nitrogens with zero attached hydrogens (tertiary/aromatic N) is 3. The Morgan fingerprint density at radius 3 is 2.77 bits per heavy atom. The lowest BCUT2D eigenvalue weighted by Crippen LogP contribution is -2.18. The number of fused-ring (bicyclic) bond motifs is 1. The van der Waals surface area contributed by atoms with Gasteiger partial charge in [-0.2, -0.15) is 0 Å². The monoisotopic (exact) mass is 372 g/mol. The Kier molecular flexibility index (Phi) is 5.18. The van der Waals surface area contributed by atoms with Crippen molar-refractivity contribution in [3.05, 3.63) is 58.6 Å². The Labute approximate surface area is 154 Å². The lowest BCUT2D eigenvalue weighted by atomic mass is 10.1. The second-order valence-electron chi connectivity index (χ2n) is 5.59. The number of ether oxygens (including phenoxy) is 1. The Morgan fingerprint density at radius 2 is 2.00 bits per heavy atom. The highest BCUT2D eigenvalue weighted by Gasteiger charge is 2.18. The van der Waals surface area contributed by atoms with Crippen molar-refractivity contribution in [2.75, 3.05) is 11.9 Å². The van der Waals surface area contributed by atoms with Crippen molar-refractivity contribution in [1.29, 1.82) is 0 Å². The number of carbonyl (C=O) groups excluding carboxylic acids is 2. The summed E-state index contributed by atoms with van der Waals surface area (Å²) in [7, 11) is 0. The Morgan fingerprint density at radius 1 is 1.23 bits per heavy atom. The standard InChI is InChI=1S/C18H17ClN4O3/c1-3-26-15(24)10-12-6-4-5-7-13(12)20-17(25)16-14-9-8-11(2)23(14)22-18(19)21-16/h4-9H,3,10H2,1-2H3,(H,20,25). The van der Waals surface area contributed by atoms with Crippen LogP contribution in [-0.2, 0) is 16.0 Å². The van der Waals surface area contributed by atoms with Crippen LogP contribution in [0.4, 0.5) is 5.69 Å². The maximum Gasteiger partial charge on any atom is 0.310 e. The van der Waals surface area contributed by atoms with Gasteiger partial charge in [0, 0.05) is 11.4 Å². The molecule has 1 amide bonds. The zero-order valence-corrected chi connectivity index (χ0v) is 15.1. The van der Waals surface area contributed by atoms with Gasteiger partial charge in [-0.3, -0.25) is 9.59 Å². The van der Waals surface area contributed by atoms with Crippen molar-refractivity contribution in [3.8, 4) is 0 Å². The maximum atomic E-state index is 12.8. The molecule has 26 heavy (non-hydrogen) atoms. The van der Waals surface area contributed by atoms with Gasteiger partial charge >= 0.3 is 5.97 Å². The molecule has 0 spiro atoms. The molecular formula is C18H17ClN4O3. The van der Waals surface area contributed by atoms with Crippen molar-refractivity contribution in [2.45, 2.75) is 20.3 Å². The number of anilines is 1. The number of aryl methyl sites for hydroxylation is 1. The molecule has 0 saturated carbocycles. The van der Waals surface area contributed by atoms with Crippen molar-refractivity contribution < 1.29 is 14.3 Å². The molecule has 0 saturated heterocycles. The quantitative estimate of drug-likeness (QED) is 0.696. The molecule has 2 heterocycles. The van der Waals surface area contributed by atoms with Crippen LogP contribution in [0.15, 0.2) is 36.4 Å². The molecule has 0 aliphatic heterocycles. The lowest BCUT2D eigenvalue weighted by Gasteiger charge is -2.11. The first kappa shape index (κ1) is 17.9. The number of nitrogens with one attached hydrogen (secondary N) is 1. The van der Waals surface area contributed by atoms with Crippen molar-refractivity contribution >= 4 is 34.7 Å². The molecule has 0 aliphatic rings. The topological polar surface area (TPSA) is 85.6 Å². The van der Waals surface area contributed by atoms with Gasteiger partial charge in [0.2, 0.25) is 5.28 Å². The van der Waals surface area contributed by atoms with E-state index in [9.17, 15) is 9.59 Å². The number of benzene rings is 1. The minimum atomic E-state index is -0.436. The number of amides is 1. The Bertz CT molecular complexity index is 984. The minimum Gasteiger partial charge on any atom is -0.466 e. The molecule has 0 fully saturated rings. The highest BCUT2D eigenvalue weighted by atomic mass is 35.5. The smallest absolute Gasteiger partial charge is 0.310 e. The Hall–Kier alpha value is -2.93. The number of esters is 1. The van der Waals surface area contributed by atoms with Crippen molar-refractivity contribution in [3.63, 3.8) is 0 Å². The van der Waals surface area contributed by atoms with Gasteiger partial charge in [0.05, 0.1) is 18.5 Å². The molecule has 3 rings (SSSR count). The van der Waals surface area contributed by atoms with Gasteiger partial charge in [-0.05, 0) is 49.2 Å². The van der Waals surface area contributed by atoms with Gasteiger partial charge in [0.1, 0.15) is 0 Å². The van der Waals surface area contributed by atoms with Gasteiger partial charge in [0.25, 0.3) is 5.91 Å². The van der Waals surface area contributed by atoms with E-state index < -0.39 is 5.91 Å². The number of carbonyl (C=O) groups is 2. The van der Waals surface area contributed by atoms with E-state index in [1.165, 1.54) is 0 Å². The number of hydrogen-bond acceptors (Lipinski definition) is 5. The van der Waals surface area contributed by atoms with Crippen LogP contribution in [0.2, 0.25) is 5.28 Å². The highest BCUT2D eigenvalue weighted by molar-refractivity contribution is 6.28. The van der Waals surface area contributed by atoms with Gasteiger partial charge in [-0.25, -0.2) is 9.50 Å². The van der Waals surface area contributed by atoms with Gasteiger partial charge in [-0.1, -0.05) is 18.2 Å². The van der Waals surface area contributed by atoms with E-state index in [2.05, 4.69) is 15.4 Å². The average Bonchev–Trinajstić information content (AvgIpc) is 2.97. The predicted octanol–water partition coefficient (Wildman–Crippen LogP) is 3.05. The van der Waals surface area contributed by atoms with Crippen LogP contribution in [0.5, 0.6) is 0 Å². The number of hydrogen-bond donors (Lipinski definition) is 1. The summed E-state index contributed by atoms with van der Waals surface area (Å²) in [6.45, 7) is 3.90. The molecule has 0 atom stereocenters. The summed E-state index contributed by atoms with van der Waals surface area (Å²) in [5.74, 6) is -0.794. The van der Waals surface area contributed by atoms with Gasteiger partial charge in [0.15, 0.2) is 5.69 Å². The van der Waals surface area contributed by atoms with E-state index in [0.29, 0.717) is 23.4 Å². The number of para-hydroxylation sites is 1. The van der Waals surface area contributed by atoms with E-state index in [-0.39, 0.29) is 23.4 Å². The van der Waals surface area contributed by atoms with E-state index in [1.54, 1.807) is 41.8 Å². The third-order valence-electron chi connectivity index (χ3n) is 3.79. The summed E-state index contributed by atoms with van der Waals surface area (Å²) in [6.07, 6.45) is 0.0640. The summed E-state index contributed by atoms with van der Waals surface area (Å²) >= 11 is 5.95. The van der Waals surface area contributed by atoms with E-state index >= 15 is 0 Å². The molecule has 7 nitrogen and oxygen atoms in total. The van der Waals surface area contributed by atoms with Gasteiger partial charge < -0.3 is 10.1 Å². The van der Waals surface area contributed by atoms with Crippen LogP contribution < -0.4 is 5.32 Å². The van der Waals surface area contributed by atoms with Crippen LogP contribution in [0, 0.1) is 6.92 Å². The first-order chi connectivity index (χ1) is 12.5. The fourth-order valence-electron chi connectivity index (χ4n) is 2.61. The van der Waals surface area contributed by atoms with Crippen molar-refractivity contribution in [2.24, 2.45) is 0 Å². The van der Waals surface area contributed by atoms with Gasteiger partial charge in [-0.15, -0.1) is 5.10 Å². The fourth-order valence-corrected chi connectivity index (χ4v) is 2.77. The molecule has 1 N–H and O–H groups in total. The van der Waals surface area contributed by atoms with Crippen LogP contribution in [0.3, 0.4) is 0 Å². The molecule has 0 aliphatic carbocycles. The normalized spacial score (nSPS) is 10.7. The summed E-state index contributed by atoms with van der Waals surface area (Å²) in [5, 5.41) is 6.86. The van der Waals surface area contributed by atoms with Crippen LogP contribution >= 0.6 is 11.6 Å². The first-order valence-electron chi connectivity index (χ1n) is 8.06. The summed E-state index contributed by atoms with van der Waals surface area (Å²) in [5.41, 5.74) is 2.71. The number of halogens is 1. The molecule has 2 aromatic heterocycles. The molecule has 0 unspecified atom stereocenters. The summed E-state index contributed by atoms with van der Waals surface area (Å²) < 4.78 is 6.54. The van der Waals surface area contributed by atoms with Crippen molar-refractivity contribution in [1.82, 2.24) is 14.6 Å². The van der Waals surface area contributed by atoms with E-state index in [1.807, 2.05) is 13.0 Å². The highest BCUT2D eigenvalue weighted by Crippen LogP contribution is 2.20. The molecular weight excluding hydrogens is 356 g/mol. The third kappa shape index (κ3) is 3.67. The zero-order valence-electron chi connectivity index (χ0n) is 14.3. The lowest BCUT2D eigenvalue weighted by molar-refractivity contribution is -0.142. The number of rotatable bonds is 5. The predicted molar refractivity (Wildman–Crippen MR) is 97.5 cm³/mol. The number of aromatic nitrogens is 3. The van der Waals surface area contributed by atoms with Crippen LogP contribution in [0.1, 0.15) is 28.7 Å². The third-order valence-corrected chi connectivity index (χ3v) is 3.95. The molecule has 3 aromatic rings. The SMILES string of the molecule is CCOC(=O)Cc1ccccc1NC(=O)c1nc(Cl)nn2c(C)ccc12. The van der Waals surface area contributed by atoms with E-state index in [0.717, 1.165) is 5.69 Å². The second kappa shape index (κ2) is 7.53. The average molecular weight is 373 g/mol. The fraction of sp³-hybridized carbons (Fsp3) is 0.222. The zero-order chi connectivity index (χ0) is 18.7. The summed E-state index contributed by atoms with van der Waals surface area (Å²) in [6, 6.07) is 10.6. The largest absolute Gasteiger partial charge is 0.466 e. The summed E-state index contributed by atoms with van der Waals surface area (Å²) in [4.78, 5) is 28.6. The molecule has 8 heteroatoms. The molecule has 0 bridgehead atoms. The first-order valence-corrected chi connectivity index (χ1v) is 8.44. The van der Waals surface area contributed by atoms with E-state index in [4.69, 9.17) is 16.3 Å². The van der Waals surface area contributed by atoms with Crippen LogP contribution in [0.25, 0.3) is 5.52 Å². The maximum absolute atomic E-state index is 12.8. The Balaban J connectivity index is 1.91.